The van der Waals surface area contributed by atoms with Crippen LogP contribution in [-0.2, 0) is 0 Å². The molecule has 1 atom stereocenters. The fourth-order valence-corrected chi connectivity index (χ4v) is 3.59. The van der Waals surface area contributed by atoms with Gasteiger partial charge in [0.05, 0.1) is 6.04 Å². The van der Waals surface area contributed by atoms with Crippen molar-refractivity contribution in [1.29, 1.82) is 0 Å². The summed E-state index contributed by atoms with van der Waals surface area (Å²) in [5.74, 6) is 1.64. The first-order valence-corrected chi connectivity index (χ1v) is 9.66. The molecular formula is C22H30N2O3. The third kappa shape index (κ3) is 4.54. The van der Waals surface area contributed by atoms with Crippen LogP contribution in [0.3, 0.4) is 0 Å². The van der Waals surface area contributed by atoms with Crippen molar-refractivity contribution in [3.63, 3.8) is 0 Å². The van der Waals surface area contributed by atoms with Crippen molar-refractivity contribution in [2.45, 2.75) is 32.7 Å². The molecule has 2 aromatic carbocycles. The zero-order valence-corrected chi connectivity index (χ0v) is 16.4. The van der Waals surface area contributed by atoms with Gasteiger partial charge in [0.1, 0.15) is 23.9 Å². The number of aryl methyl sites for hydroxylation is 1. The van der Waals surface area contributed by atoms with Crippen LogP contribution < -0.4 is 10.1 Å². The second-order valence-electron chi connectivity index (χ2n) is 7.50. The third-order valence-electron chi connectivity index (χ3n) is 5.24. The highest BCUT2D eigenvalue weighted by Crippen LogP contribution is 2.35. The zero-order chi connectivity index (χ0) is 19.4. The van der Waals surface area contributed by atoms with E-state index < -0.39 is 0 Å². The van der Waals surface area contributed by atoms with Crippen LogP contribution in [0, 0.1) is 6.92 Å². The van der Waals surface area contributed by atoms with Crippen molar-refractivity contribution in [1.82, 2.24) is 10.2 Å². The van der Waals surface area contributed by atoms with Gasteiger partial charge in [0.15, 0.2) is 0 Å². The van der Waals surface area contributed by atoms with Gasteiger partial charge in [-0.15, -0.1) is 0 Å². The Balaban J connectivity index is 1.87. The lowest BCUT2D eigenvalue weighted by atomic mass is 9.99. The number of benzene rings is 2. The summed E-state index contributed by atoms with van der Waals surface area (Å²) < 4.78 is 6.27. The average molecular weight is 370 g/mol. The van der Waals surface area contributed by atoms with E-state index in [4.69, 9.17) is 4.74 Å². The van der Waals surface area contributed by atoms with Gasteiger partial charge < -0.3 is 20.3 Å². The summed E-state index contributed by atoms with van der Waals surface area (Å²) in [5, 5.41) is 23.8. The lowest BCUT2D eigenvalue weighted by Crippen LogP contribution is -2.46. The molecule has 146 valence electrons. The first-order valence-electron chi connectivity index (χ1n) is 9.66. The minimum Gasteiger partial charge on any atom is -0.508 e. The smallest absolute Gasteiger partial charge is 0.123 e. The molecule has 3 N–H and O–H groups in total. The third-order valence-corrected chi connectivity index (χ3v) is 5.24. The van der Waals surface area contributed by atoms with E-state index in [0.29, 0.717) is 18.1 Å². The standard InChI is InChI=1S/C22H30N2O3/c1-15(2)18-13-21(26)16(3)12-22(18)27-14-19(24-10-8-23-9-11-24)17-6-4-5-7-20(17)25/h4-7,12-13,15,19,23,25-26H,8-11,14H2,1-3H3. The van der Waals surface area contributed by atoms with Crippen LogP contribution in [0.4, 0.5) is 0 Å². The number of hydrogen-bond donors (Lipinski definition) is 3. The van der Waals surface area contributed by atoms with E-state index in [1.54, 1.807) is 12.1 Å². The topological polar surface area (TPSA) is 65.0 Å². The van der Waals surface area contributed by atoms with Crippen LogP contribution >= 0.6 is 0 Å². The Hall–Kier alpha value is -2.24. The van der Waals surface area contributed by atoms with Crippen molar-refractivity contribution in [3.8, 4) is 17.2 Å². The first-order chi connectivity index (χ1) is 13.0. The number of nitrogens with zero attached hydrogens (tertiary/aromatic N) is 1. The molecule has 0 spiro atoms. The quantitative estimate of drug-likeness (QED) is 0.726. The molecule has 0 saturated carbocycles. The Morgan fingerprint density at radius 1 is 1.04 bits per heavy atom. The van der Waals surface area contributed by atoms with Gasteiger partial charge in [-0.1, -0.05) is 32.0 Å². The maximum absolute atomic E-state index is 10.4. The number of rotatable bonds is 6. The summed E-state index contributed by atoms with van der Waals surface area (Å²) in [5.41, 5.74) is 2.69. The van der Waals surface area contributed by atoms with Crippen molar-refractivity contribution in [3.05, 3.63) is 53.1 Å². The Morgan fingerprint density at radius 3 is 2.41 bits per heavy atom. The summed E-state index contributed by atoms with van der Waals surface area (Å²) in [6, 6.07) is 11.2. The molecule has 1 heterocycles. The Labute approximate surface area is 161 Å². The Bertz CT molecular complexity index is 770. The van der Waals surface area contributed by atoms with Crippen LogP contribution in [0.5, 0.6) is 17.2 Å². The molecule has 0 aromatic heterocycles. The predicted molar refractivity (Wildman–Crippen MR) is 108 cm³/mol. The molecule has 5 heteroatoms. The van der Waals surface area contributed by atoms with Gasteiger partial charge in [-0.25, -0.2) is 0 Å². The monoisotopic (exact) mass is 370 g/mol. The van der Waals surface area contributed by atoms with E-state index in [9.17, 15) is 10.2 Å². The van der Waals surface area contributed by atoms with E-state index in [1.807, 2.05) is 31.2 Å². The molecule has 5 nitrogen and oxygen atoms in total. The van der Waals surface area contributed by atoms with E-state index in [1.165, 1.54) is 0 Å². The molecule has 0 aliphatic carbocycles. The number of ether oxygens (including phenoxy) is 1. The molecular weight excluding hydrogens is 340 g/mol. The molecule has 1 aliphatic heterocycles. The zero-order valence-electron chi connectivity index (χ0n) is 16.4. The summed E-state index contributed by atoms with van der Waals surface area (Å²) in [4.78, 5) is 2.36. The highest BCUT2D eigenvalue weighted by molar-refractivity contribution is 5.46. The SMILES string of the molecule is Cc1cc(OCC(c2ccccc2O)N2CCNCC2)c(C(C)C)cc1O. The largest absolute Gasteiger partial charge is 0.508 e. The van der Waals surface area contributed by atoms with Crippen LogP contribution in [0.1, 0.15) is 42.5 Å². The van der Waals surface area contributed by atoms with Gasteiger partial charge >= 0.3 is 0 Å². The van der Waals surface area contributed by atoms with E-state index in [-0.39, 0.29) is 12.0 Å². The fourth-order valence-electron chi connectivity index (χ4n) is 3.59. The number of aromatic hydroxyl groups is 2. The van der Waals surface area contributed by atoms with Gasteiger partial charge in [-0.2, -0.15) is 0 Å². The van der Waals surface area contributed by atoms with Gasteiger partial charge in [-0.3, -0.25) is 4.90 Å². The minimum absolute atomic E-state index is 0.0255. The number of phenolic OH excluding ortho intramolecular Hbond substituents is 2. The Morgan fingerprint density at radius 2 is 1.74 bits per heavy atom. The Kier molecular flexibility index (Phi) is 6.24. The summed E-state index contributed by atoms with van der Waals surface area (Å²) in [7, 11) is 0. The number of piperazine rings is 1. The molecule has 27 heavy (non-hydrogen) atoms. The lowest BCUT2D eigenvalue weighted by molar-refractivity contribution is 0.118. The van der Waals surface area contributed by atoms with Crippen LogP contribution in [0.25, 0.3) is 0 Å². The maximum Gasteiger partial charge on any atom is 0.123 e. The lowest BCUT2D eigenvalue weighted by Gasteiger charge is -2.35. The minimum atomic E-state index is -0.0255. The van der Waals surface area contributed by atoms with Crippen molar-refractivity contribution < 1.29 is 14.9 Å². The van der Waals surface area contributed by atoms with E-state index >= 15 is 0 Å². The molecule has 0 radical (unpaired) electrons. The highest BCUT2D eigenvalue weighted by Gasteiger charge is 2.25. The van der Waals surface area contributed by atoms with Gasteiger partial charge in [-0.05, 0) is 36.6 Å². The second kappa shape index (κ2) is 8.63. The highest BCUT2D eigenvalue weighted by atomic mass is 16.5. The molecule has 1 unspecified atom stereocenters. The molecule has 2 aromatic rings. The van der Waals surface area contributed by atoms with Crippen molar-refractivity contribution in [2.24, 2.45) is 0 Å². The summed E-state index contributed by atoms with van der Waals surface area (Å²) >= 11 is 0. The van der Waals surface area contributed by atoms with Gasteiger partial charge in [0.2, 0.25) is 0 Å². The van der Waals surface area contributed by atoms with Crippen molar-refractivity contribution in [2.75, 3.05) is 32.8 Å². The van der Waals surface area contributed by atoms with Gasteiger partial charge in [0, 0.05) is 37.3 Å². The normalized spacial score (nSPS) is 16.4. The molecule has 3 rings (SSSR count). The molecule has 0 bridgehead atoms. The number of hydrogen-bond acceptors (Lipinski definition) is 5. The number of para-hydroxylation sites is 1. The van der Waals surface area contributed by atoms with Crippen LogP contribution in [0.2, 0.25) is 0 Å². The first kappa shape index (κ1) is 19.5. The van der Waals surface area contributed by atoms with E-state index in [0.717, 1.165) is 48.6 Å². The maximum atomic E-state index is 10.4. The molecule has 1 saturated heterocycles. The summed E-state index contributed by atoms with van der Waals surface area (Å²) in [6.45, 7) is 10.2. The second-order valence-corrected chi connectivity index (χ2v) is 7.50. The summed E-state index contributed by atoms with van der Waals surface area (Å²) in [6.07, 6.45) is 0. The van der Waals surface area contributed by atoms with Crippen LogP contribution in [-0.4, -0.2) is 47.9 Å². The average Bonchev–Trinajstić information content (AvgIpc) is 2.66. The van der Waals surface area contributed by atoms with Gasteiger partial charge in [0.25, 0.3) is 0 Å². The molecule has 1 aliphatic rings. The van der Waals surface area contributed by atoms with Crippen molar-refractivity contribution >= 4 is 0 Å². The fraction of sp³-hybridized carbons (Fsp3) is 0.455. The molecule has 0 amide bonds. The predicted octanol–water partition coefficient (Wildman–Crippen LogP) is 3.55. The van der Waals surface area contributed by atoms with E-state index in [2.05, 4.69) is 24.1 Å². The molecule has 1 fully saturated rings. The van der Waals surface area contributed by atoms with Crippen LogP contribution in [0.15, 0.2) is 36.4 Å². The number of nitrogens with one attached hydrogen (secondary N) is 1. The number of phenols is 2.